The minimum atomic E-state index is -0.305. The van der Waals surface area contributed by atoms with Crippen LogP contribution in [0.3, 0.4) is 0 Å². The Morgan fingerprint density at radius 2 is 2.07 bits per heavy atom. The first-order valence-electron chi connectivity index (χ1n) is 5.01. The first kappa shape index (κ1) is 10.8. The maximum Gasteiger partial charge on any atom is 0.328 e. The van der Waals surface area contributed by atoms with E-state index in [0.29, 0.717) is 18.5 Å². The summed E-state index contributed by atoms with van der Waals surface area (Å²) in [4.78, 5) is 24.9. The Kier molecular flexibility index (Phi) is 3.68. The third-order valence-corrected chi connectivity index (χ3v) is 2.22. The summed E-state index contributed by atoms with van der Waals surface area (Å²) in [5, 5.41) is 0. The summed E-state index contributed by atoms with van der Waals surface area (Å²) in [7, 11) is 0. The molecule has 14 heavy (non-hydrogen) atoms. The molecule has 0 unspecified atom stereocenters. The highest BCUT2D eigenvalue weighted by molar-refractivity contribution is 5.03. The zero-order valence-electron chi connectivity index (χ0n) is 8.67. The van der Waals surface area contributed by atoms with E-state index in [-0.39, 0.29) is 11.2 Å². The Labute approximate surface area is 82.6 Å². The molecule has 4 heteroatoms. The molecule has 78 valence electrons. The average Bonchev–Trinajstić information content (AvgIpc) is 2.17. The maximum absolute atomic E-state index is 11.3. The lowest BCUT2D eigenvalue weighted by Gasteiger charge is -2.04. The second-order valence-electron chi connectivity index (χ2n) is 3.31. The van der Waals surface area contributed by atoms with Gasteiger partial charge in [-0.2, -0.15) is 0 Å². The van der Waals surface area contributed by atoms with Gasteiger partial charge in [0.1, 0.15) is 0 Å². The van der Waals surface area contributed by atoms with E-state index in [1.54, 1.807) is 10.8 Å². The molecule has 0 bridgehead atoms. The number of aromatic amines is 1. The Morgan fingerprint density at radius 1 is 1.36 bits per heavy atom. The zero-order chi connectivity index (χ0) is 10.6. The van der Waals surface area contributed by atoms with E-state index in [0.717, 1.165) is 12.8 Å². The van der Waals surface area contributed by atoms with Crippen molar-refractivity contribution in [1.82, 2.24) is 9.55 Å². The molecule has 1 aromatic heterocycles. The van der Waals surface area contributed by atoms with Crippen molar-refractivity contribution in [3.8, 4) is 0 Å². The van der Waals surface area contributed by atoms with E-state index in [9.17, 15) is 9.59 Å². The van der Waals surface area contributed by atoms with Crippen LogP contribution in [0.25, 0.3) is 0 Å². The van der Waals surface area contributed by atoms with Crippen molar-refractivity contribution in [1.29, 1.82) is 0 Å². The van der Waals surface area contributed by atoms with E-state index >= 15 is 0 Å². The monoisotopic (exact) mass is 196 g/mol. The minimum Gasteiger partial charge on any atom is -0.300 e. The van der Waals surface area contributed by atoms with Crippen LogP contribution in [0.5, 0.6) is 0 Å². The molecule has 0 spiro atoms. The Morgan fingerprint density at radius 3 is 2.64 bits per heavy atom. The van der Waals surface area contributed by atoms with E-state index in [4.69, 9.17) is 0 Å². The van der Waals surface area contributed by atoms with Crippen LogP contribution in [-0.2, 0) is 13.0 Å². The molecule has 0 aromatic carbocycles. The van der Waals surface area contributed by atoms with Crippen molar-refractivity contribution in [3.05, 3.63) is 32.6 Å². The predicted molar refractivity (Wildman–Crippen MR) is 55.6 cm³/mol. The van der Waals surface area contributed by atoms with Crippen molar-refractivity contribution >= 4 is 0 Å². The van der Waals surface area contributed by atoms with Gasteiger partial charge in [-0.15, -0.1) is 0 Å². The molecule has 0 radical (unpaired) electrons. The van der Waals surface area contributed by atoms with Crippen LogP contribution in [0.1, 0.15) is 32.3 Å². The normalized spacial score (nSPS) is 10.4. The van der Waals surface area contributed by atoms with Crippen molar-refractivity contribution in [2.24, 2.45) is 0 Å². The molecule has 0 amide bonds. The molecule has 4 nitrogen and oxygen atoms in total. The lowest BCUT2D eigenvalue weighted by Crippen LogP contribution is -2.31. The first-order chi connectivity index (χ1) is 6.69. The number of nitrogens with zero attached hydrogens (tertiary/aromatic N) is 1. The number of nitrogens with one attached hydrogen (secondary N) is 1. The number of aromatic nitrogens is 2. The fourth-order valence-electron chi connectivity index (χ4n) is 1.30. The predicted octanol–water partition coefficient (Wildman–Crippen LogP) is 0.899. The highest BCUT2D eigenvalue weighted by Gasteiger charge is 2.01. The third kappa shape index (κ3) is 2.34. The van der Waals surface area contributed by atoms with Crippen LogP contribution in [0.15, 0.2) is 15.8 Å². The molecule has 1 N–H and O–H groups in total. The number of H-pyrrole nitrogens is 1. The molecular weight excluding hydrogens is 180 g/mol. The van der Waals surface area contributed by atoms with Gasteiger partial charge in [0.25, 0.3) is 5.56 Å². The quantitative estimate of drug-likeness (QED) is 0.777. The van der Waals surface area contributed by atoms with E-state index in [2.05, 4.69) is 11.9 Å². The summed E-state index contributed by atoms with van der Waals surface area (Å²) in [6.45, 7) is 4.65. The summed E-state index contributed by atoms with van der Waals surface area (Å²) < 4.78 is 1.57. The molecule has 0 aliphatic heterocycles. The van der Waals surface area contributed by atoms with Crippen LogP contribution >= 0.6 is 0 Å². The summed E-state index contributed by atoms with van der Waals surface area (Å²) in [5.74, 6) is 0. The van der Waals surface area contributed by atoms with E-state index < -0.39 is 0 Å². The second kappa shape index (κ2) is 4.79. The smallest absolute Gasteiger partial charge is 0.300 e. The molecule has 0 atom stereocenters. The second-order valence-corrected chi connectivity index (χ2v) is 3.31. The number of hydrogen-bond acceptors (Lipinski definition) is 2. The van der Waals surface area contributed by atoms with Gasteiger partial charge >= 0.3 is 5.69 Å². The minimum absolute atomic E-state index is 0.259. The molecule has 0 aliphatic rings. The zero-order valence-corrected chi connectivity index (χ0v) is 8.67. The number of unbranched alkanes of at least 4 members (excludes halogenated alkanes) is 1. The molecule has 1 heterocycles. The topological polar surface area (TPSA) is 54.9 Å². The summed E-state index contributed by atoms with van der Waals surface area (Å²) in [6, 6.07) is 0. The van der Waals surface area contributed by atoms with Crippen LogP contribution < -0.4 is 11.2 Å². The van der Waals surface area contributed by atoms with Gasteiger partial charge in [0.2, 0.25) is 0 Å². The summed E-state index contributed by atoms with van der Waals surface area (Å²) in [6.07, 6.45) is 4.31. The molecule has 0 saturated heterocycles. The molecular formula is C10H16N2O2. The van der Waals surface area contributed by atoms with Gasteiger partial charge in [-0.25, -0.2) is 4.79 Å². The van der Waals surface area contributed by atoms with Gasteiger partial charge in [0.05, 0.1) is 0 Å². The SMILES string of the molecule is CCCCn1cc(CC)c(=O)[nH]c1=O. The van der Waals surface area contributed by atoms with Gasteiger partial charge in [-0.05, 0) is 12.8 Å². The fourth-order valence-corrected chi connectivity index (χ4v) is 1.30. The first-order valence-corrected chi connectivity index (χ1v) is 5.01. The summed E-state index contributed by atoms with van der Waals surface area (Å²) >= 11 is 0. The van der Waals surface area contributed by atoms with Crippen LogP contribution in [-0.4, -0.2) is 9.55 Å². The van der Waals surface area contributed by atoms with E-state index in [1.807, 2.05) is 6.92 Å². The number of hydrogen-bond donors (Lipinski definition) is 1. The third-order valence-electron chi connectivity index (χ3n) is 2.22. The Hall–Kier alpha value is -1.32. The highest BCUT2D eigenvalue weighted by atomic mass is 16.2. The van der Waals surface area contributed by atoms with Crippen molar-refractivity contribution < 1.29 is 0 Å². The standard InChI is InChI=1S/C10H16N2O2/c1-3-5-6-12-7-8(4-2)9(13)11-10(12)14/h7H,3-6H2,1-2H3,(H,11,13,14). The van der Waals surface area contributed by atoms with Crippen molar-refractivity contribution in [2.45, 2.75) is 39.7 Å². The Balaban J connectivity index is 3.05. The molecule has 0 fully saturated rings. The number of aryl methyl sites for hydroxylation is 2. The van der Waals surface area contributed by atoms with Crippen LogP contribution in [0.4, 0.5) is 0 Å². The maximum atomic E-state index is 11.3. The van der Waals surface area contributed by atoms with Crippen LogP contribution in [0, 0.1) is 0 Å². The molecule has 1 rings (SSSR count). The molecule has 1 aromatic rings. The van der Waals surface area contributed by atoms with Gasteiger partial charge in [-0.1, -0.05) is 20.3 Å². The van der Waals surface area contributed by atoms with Crippen molar-refractivity contribution in [3.63, 3.8) is 0 Å². The fraction of sp³-hybridized carbons (Fsp3) is 0.600. The van der Waals surface area contributed by atoms with Crippen molar-refractivity contribution in [2.75, 3.05) is 0 Å². The molecule has 0 aliphatic carbocycles. The molecule has 0 saturated carbocycles. The van der Waals surface area contributed by atoms with Gasteiger partial charge in [0.15, 0.2) is 0 Å². The Bertz CT molecular complexity index is 403. The largest absolute Gasteiger partial charge is 0.328 e. The average molecular weight is 196 g/mol. The van der Waals surface area contributed by atoms with Gasteiger partial charge in [0, 0.05) is 18.3 Å². The van der Waals surface area contributed by atoms with Crippen LogP contribution in [0.2, 0.25) is 0 Å². The van der Waals surface area contributed by atoms with Gasteiger partial charge < -0.3 is 4.57 Å². The van der Waals surface area contributed by atoms with Gasteiger partial charge in [-0.3, -0.25) is 9.78 Å². The lowest BCUT2D eigenvalue weighted by molar-refractivity contribution is 0.592. The lowest BCUT2D eigenvalue weighted by atomic mass is 10.2. The highest BCUT2D eigenvalue weighted by Crippen LogP contribution is 1.93. The van der Waals surface area contributed by atoms with E-state index in [1.165, 1.54) is 0 Å². The summed E-state index contributed by atoms with van der Waals surface area (Å²) in [5.41, 5.74) is 0.103. The number of rotatable bonds is 4.